The molecular formula is C28H32N4O6. The maximum Gasteiger partial charge on any atom is 0.225 e. The number of fused-ring (bicyclic) bond motifs is 2. The smallest absolute Gasteiger partial charge is 0.225 e. The summed E-state index contributed by atoms with van der Waals surface area (Å²) in [5.41, 5.74) is 2.02. The summed E-state index contributed by atoms with van der Waals surface area (Å²) in [7, 11) is 0. The Balaban J connectivity index is 1.23. The van der Waals surface area contributed by atoms with E-state index in [4.69, 9.17) is 9.47 Å². The molecule has 200 valence electrons. The topological polar surface area (TPSA) is 117 Å². The van der Waals surface area contributed by atoms with E-state index in [0.29, 0.717) is 74.9 Å². The monoisotopic (exact) mass is 520 g/mol. The molecule has 2 aliphatic heterocycles. The number of amides is 2. The Morgan fingerprint density at radius 2 is 1.03 bits per heavy atom. The first-order chi connectivity index (χ1) is 18.5. The third-order valence-electron chi connectivity index (χ3n) is 7.10. The summed E-state index contributed by atoms with van der Waals surface area (Å²) >= 11 is 0. The highest BCUT2D eigenvalue weighted by atomic mass is 16.5. The Kier molecular flexibility index (Phi) is 8.23. The molecule has 0 radical (unpaired) electrons. The fourth-order valence-corrected chi connectivity index (χ4v) is 4.92. The van der Waals surface area contributed by atoms with E-state index >= 15 is 0 Å². The van der Waals surface area contributed by atoms with Crippen LogP contribution in [0.2, 0.25) is 0 Å². The van der Waals surface area contributed by atoms with Crippen LogP contribution in [-0.2, 0) is 19.1 Å². The lowest BCUT2D eigenvalue weighted by molar-refractivity contribution is -0.117. The fraction of sp³-hybridized carbons (Fsp3) is 0.429. The molecule has 3 aliphatic rings. The Hall–Kier alpha value is -3.44. The van der Waals surface area contributed by atoms with Gasteiger partial charge in [0.25, 0.3) is 0 Å². The van der Waals surface area contributed by atoms with Crippen molar-refractivity contribution in [2.24, 2.45) is 0 Å². The van der Waals surface area contributed by atoms with E-state index in [1.54, 1.807) is 36.4 Å². The SMILES string of the molecule is O=C(CCN1CCOCC1)Nc1ccc2c(c1)C(=O)c1cc(NC(=O)CCN3CCOCC3)ccc1C2=O. The molecule has 2 saturated heterocycles. The molecule has 38 heavy (non-hydrogen) atoms. The largest absolute Gasteiger partial charge is 0.379 e. The summed E-state index contributed by atoms with van der Waals surface area (Å²) in [5, 5.41) is 5.68. The zero-order valence-electron chi connectivity index (χ0n) is 21.3. The second-order valence-electron chi connectivity index (χ2n) is 9.68. The normalized spacial score (nSPS) is 18.0. The van der Waals surface area contributed by atoms with E-state index in [9.17, 15) is 19.2 Å². The van der Waals surface area contributed by atoms with Crippen molar-refractivity contribution >= 4 is 34.8 Å². The maximum atomic E-state index is 13.4. The summed E-state index contributed by atoms with van der Waals surface area (Å²) in [6, 6.07) is 9.56. The van der Waals surface area contributed by atoms with Crippen molar-refractivity contribution in [3.05, 3.63) is 58.7 Å². The summed E-state index contributed by atoms with van der Waals surface area (Å²) in [6.07, 6.45) is 0.642. The van der Waals surface area contributed by atoms with Gasteiger partial charge in [0, 0.05) is 85.7 Å². The molecule has 2 fully saturated rings. The van der Waals surface area contributed by atoms with Gasteiger partial charge in [-0.1, -0.05) is 0 Å². The fourth-order valence-electron chi connectivity index (χ4n) is 4.92. The Bertz CT molecular complexity index is 1140. The lowest BCUT2D eigenvalue weighted by Gasteiger charge is -2.26. The zero-order valence-corrected chi connectivity index (χ0v) is 21.3. The number of carbonyl (C=O) groups excluding carboxylic acids is 4. The van der Waals surface area contributed by atoms with Gasteiger partial charge in [0.05, 0.1) is 26.4 Å². The summed E-state index contributed by atoms with van der Waals surface area (Å²) in [4.78, 5) is 55.8. The third-order valence-corrected chi connectivity index (χ3v) is 7.10. The van der Waals surface area contributed by atoms with Gasteiger partial charge in [-0.05, 0) is 36.4 Å². The van der Waals surface area contributed by atoms with Crippen LogP contribution in [0.4, 0.5) is 11.4 Å². The van der Waals surface area contributed by atoms with Crippen molar-refractivity contribution in [3.8, 4) is 0 Å². The number of benzene rings is 2. The van der Waals surface area contributed by atoms with Crippen molar-refractivity contribution < 1.29 is 28.7 Å². The average molecular weight is 521 g/mol. The van der Waals surface area contributed by atoms with Crippen LogP contribution in [-0.4, -0.2) is 98.9 Å². The van der Waals surface area contributed by atoms with Gasteiger partial charge in [-0.3, -0.25) is 29.0 Å². The summed E-state index contributed by atoms with van der Waals surface area (Å²) < 4.78 is 10.7. The number of rotatable bonds is 8. The predicted molar refractivity (Wildman–Crippen MR) is 141 cm³/mol. The van der Waals surface area contributed by atoms with Crippen LogP contribution < -0.4 is 10.6 Å². The van der Waals surface area contributed by atoms with Gasteiger partial charge in [-0.25, -0.2) is 0 Å². The molecule has 2 aromatic rings. The molecule has 2 aromatic carbocycles. The first-order valence-corrected chi connectivity index (χ1v) is 13.1. The van der Waals surface area contributed by atoms with Crippen LogP contribution in [0.15, 0.2) is 36.4 Å². The number of carbonyl (C=O) groups is 4. The predicted octanol–water partition coefficient (Wildman–Crippen LogP) is 1.78. The minimum absolute atomic E-state index is 0.159. The molecule has 0 saturated carbocycles. The first-order valence-electron chi connectivity index (χ1n) is 13.1. The van der Waals surface area contributed by atoms with E-state index in [1.165, 1.54) is 0 Å². The number of ketones is 2. The average Bonchev–Trinajstić information content (AvgIpc) is 2.95. The van der Waals surface area contributed by atoms with Crippen molar-refractivity contribution in [3.63, 3.8) is 0 Å². The number of nitrogens with zero attached hydrogens (tertiary/aromatic N) is 2. The number of ether oxygens (including phenoxy) is 2. The van der Waals surface area contributed by atoms with Gasteiger partial charge in [-0.2, -0.15) is 0 Å². The molecule has 0 spiro atoms. The molecule has 1 aliphatic carbocycles. The van der Waals surface area contributed by atoms with Crippen molar-refractivity contribution in [1.29, 1.82) is 0 Å². The number of nitrogens with one attached hydrogen (secondary N) is 2. The molecule has 0 bridgehead atoms. The minimum atomic E-state index is -0.316. The molecule has 10 heteroatoms. The Morgan fingerprint density at radius 3 is 1.45 bits per heavy atom. The number of hydrogen-bond donors (Lipinski definition) is 2. The van der Waals surface area contributed by atoms with Gasteiger partial charge < -0.3 is 20.1 Å². The quantitative estimate of drug-likeness (QED) is 0.462. The number of hydrogen-bond acceptors (Lipinski definition) is 8. The highest BCUT2D eigenvalue weighted by molar-refractivity contribution is 6.29. The first kappa shape index (κ1) is 26.2. The summed E-state index contributed by atoms with van der Waals surface area (Å²) in [6.45, 7) is 7.16. The highest BCUT2D eigenvalue weighted by Gasteiger charge is 2.30. The van der Waals surface area contributed by atoms with Crippen LogP contribution in [0.1, 0.15) is 44.7 Å². The molecule has 5 rings (SSSR count). The van der Waals surface area contributed by atoms with Crippen LogP contribution in [0.5, 0.6) is 0 Å². The molecule has 0 aromatic heterocycles. The van der Waals surface area contributed by atoms with Crippen LogP contribution >= 0.6 is 0 Å². The third kappa shape index (κ3) is 6.16. The highest BCUT2D eigenvalue weighted by Crippen LogP contribution is 2.31. The lowest BCUT2D eigenvalue weighted by atomic mass is 9.83. The van der Waals surface area contributed by atoms with E-state index in [2.05, 4.69) is 20.4 Å². The van der Waals surface area contributed by atoms with E-state index in [1.807, 2.05) is 0 Å². The van der Waals surface area contributed by atoms with Crippen molar-refractivity contribution in [2.45, 2.75) is 12.8 Å². The van der Waals surface area contributed by atoms with Crippen LogP contribution in [0, 0.1) is 0 Å². The number of anilines is 2. The van der Waals surface area contributed by atoms with Gasteiger partial charge in [0.1, 0.15) is 0 Å². The van der Waals surface area contributed by atoms with Crippen molar-refractivity contribution in [1.82, 2.24) is 9.80 Å². The molecular weight excluding hydrogens is 488 g/mol. The van der Waals surface area contributed by atoms with Crippen LogP contribution in [0.25, 0.3) is 0 Å². The maximum absolute atomic E-state index is 13.4. The van der Waals surface area contributed by atoms with E-state index in [-0.39, 0.29) is 34.5 Å². The second kappa shape index (κ2) is 12.0. The van der Waals surface area contributed by atoms with Crippen LogP contribution in [0.3, 0.4) is 0 Å². The zero-order chi connectivity index (χ0) is 26.5. The second-order valence-corrected chi connectivity index (χ2v) is 9.68. The standard InChI is InChI=1S/C28H32N4O6/c33-25(5-7-31-9-13-37-14-10-31)29-19-1-3-21-23(17-19)28(36)24-18-20(2-4-22(24)27(21)35)30-26(34)6-8-32-11-15-38-16-12-32/h1-4,17-18H,5-16H2,(H,29,33)(H,30,34). The molecule has 2 heterocycles. The van der Waals surface area contributed by atoms with E-state index in [0.717, 1.165) is 26.2 Å². The molecule has 0 atom stereocenters. The van der Waals surface area contributed by atoms with Gasteiger partial charge in [0.15, 0.2) is 11.6 Å². The van der Waals surface area contributed by atoms with Gasteiger partial charge in [0.2, 0.25) is 11.8 Å². The lowest BCUT2D eigenvalue weighted by Crippen LogP contribution is -2.38. The molecule has 2 N–H and O–H groups in total. The van der Waals surface area contributed by atoms with Crippen molar-refractivity contribution in [2.75, 3.05) is 76.3 Å². The molecule has 0 unspecified atom stereocenters. The summed E-state index contributed by atoms with van der Waals surface area (Å²) in [5.74, 6) is -0.893. The Morgan fingerprint density at radius 1 is 0.632 bits per heavy atom. The van der Waals surface area contributed by atoms with Gasteiger partial charge >= 0.3 is 0 Å². The van der Waals surface area contributed by atoms with Gasteiger partial charge in [-0.15, -0.1) is 0 Å². The molecule has 10 nitrogen and oxygen atoms in total. The van der Waals surface area contributed by atoms with E-state index < -0.39 is 0 Å². The molecule has 2 amide bonds. The number of morpholine rings is 2. The minimum Gasteiger partial charge on any atom is -0.379 e. The Labute approximate surface area is 221 Å².